The van der Waals surface area contributed by atoms with E-state index in [0.717, 1.165) is 0 Å². The molecule has 0 aliphatic carbocycles. The summed E-state index contributed by atoms with van der Waals surface area (Å²) in [6, 6.07) is 4.66. The highest BCUT2D eigenvalue weighted by Gasteiger charge is 2.34. The second-order valence-corrected chi connectivity index (χ2v) is 7.30. The molecule has 1 heterocycles. The van der Waals surface area contributed by atoms with E-state index in [-0.39, 0.29) is 4.90 Å². The lowest BCUT2D eigenvalue weighted by molar-refractivity contribution is 0.178. The van der Waals surface area contributed by atoms with Gasteiger partial charge in [0.15, 0.2) is 0 Å². The van der Waals surface area contributed by atoms with Crippen LogP contribution in [0.2, 0.25) is 0 Å². The van der Waals surface area contributed by atoms with Gasteiger partial charge in [-0.05, 0) is 47.5 Å². The minimum Gasteiger partial charge on any atom is -0.496 e. The van der Waals surface area contributed by atoms with Gasteiger partial charge in [0.25, 0.3) is 0 Å². The molecule has 1 aliphatic heterocycles. The molecule has 0 aromatic heterocycles. The number of ether oxygens (including phenoxy) is 2. The number of sulfonamides is 1. The molecule has 0 radical (unpaired) electrons. The third-order valence-corrected chi connectivity index (χ3v) is 5.29. The number of rotatable bonds is 4. The van der Waals surface area contributed by atoms with Crippen molar-refractivity contribution in [2.75, 3.05) is 20.3 Å². The first kappa shape index (κ1) is 14.8. The number of hydrogen-bond donors (Lipinski definition) is 1. The highest BCUT2D eigenvalue weighted by atomic mass is 79.9. The Morgan fingerprint density at radius 1 is 1.47 bits per heavy atom. The maximum atomic E-state index is 12.3. The maximum absolute atomic E-state index is 12.3. The Kier molecular flexibility index (Phi) is 4.20. The largest absolute Gasteiger partial charge is 0.496 e. The van der Waals surface area contributed by atoms with E-state index >= 15 is 0 Å². The lowest BCUT2D eigenvalue weighted by Crippen LogP contribution is -2.46. The molecule has 1 aromatic carbocycles. The molecule has 1 unspecified atom stereocenters. The monoisotopic (exact) mass is 349 g/mol. The minimum atomic E-state index is -3.57. The molecule has 1 aliphatic rings. The Balaban J connectivity index is 2.27. The van der Waals surface area contributed by atoms with Gasteiger partial charge in [-0.2, -0.15) is 0 Å². The fourth-order valence-corrected chi connectivity index (χ4v) is 4.09. The maximum Gasteiger partial charge on any atom is 0.241 e. The molecule has 0 amide bonds. The van der Waals surface area contributed by atoms with Crippen molar-refractivity contribution in [3.05, 3.63) is 22.7 Å². The van der Waals surface area contributed by atoms with Gasteiger partial charge >= 0.3 is 0 Å². The predicted octanol–water partition coefficient (Wildman–Crippen LogP) is 1.91. The molecule has 1 aromatic rings. The Morgan fingerprint density at radius 2 is 2.21 bits per heavy atom. The van der Waals surface area contributed by atoms with Gasteiger partial charge in [0.05, 0.1) is 28.6 Å². The molecule has 0 saturated carbocycles. The van der Waals surface area contributed by atoms with Gasteiger partial charge in [-0.1, -0.05) is 0 Å². The van der Waals surface area contributed by atoms with Crippen LogP contribution in [0.5, 0.6) is 5.75 Å². The second-order valence-electron chi connectivity index (χ2n) is 4.77. The molecule has 1 atom stereocenters. The van der Waals surface area contributed by atoms with Crippen LogP contribution < -0.4 is 9.46 Å². The summed E-state index contributed by atoms with van der Waals surface area (Å²) in [5, 5.41) is 0. The molecule has 1 N–H and O–H groups in total. The summed E-state index contributed by atoms with van der Waals surface area (Å²) >= 11 is 3.28. The van der Waals surface area contributed by atoms with E-state index in [0.29, 0.717) is 29.9 Å². The lowest BCUT2D eigenvalue weighted by atomic mass is 10.0. The van der Waals surface area contributed by atoms with Crippen molar-refractivity contribution in [2.24, 2.45) is 0 Å². The normalized spacial score (nSPS) is 23.5. The van der Waals surface area contributed by atoms with Crippen molar-refractivity contribution >= 4 is 26.0 Å². The summed E-state index contributed by atoms with van der Waals surface area (Å²) in [5.74, 6) is 0.592. The van der Waals surface area contributed by atoms with E-state index in [1.807, 2.05) is 6.92 Å². The van der Waals surface area contributed by atoms with Crippen LogP contribution in [0.4, 0.5) is 0 Å². The molecule has 5 nitrogen and oxygen atoms in total. The van der Waals surface area contributed by atoms with Gasteiger partial charge in [0, 0.05) is 6.61 Å². The average molecular weight is 350 g/mol. The third kappa shape index (κ3) is 3.28. The Morgan fingerprint density at radius 3 is 2.74 bits per heavy atom. The molecule has 7 heteroatoms. The van der Waals surface area contributed by atoms with Crippen LogP contribution >= 0.6 is 15.9 Å². The van der Waals surface area contributed by atoms with E-state index in [4.69, 9.17) is 9.47 Å². The molecular weight excluding hydrogens is 334 g/mol. The zero-order valence-corrected chi connectivity index (χ0v) is 13.2. The predicted molar refractivity (Wildman–Crippen MR) is 74.9 cm³/mol. The molecular formula is C12H16BrNO4S. The van der Waals surface area contributed by atoms with Gasteiger partial charge in [0.2, 0.25) is 10.0 Å². The smallest absolute Gasteiger partial charge is 0.241 e. The van der Waals surface area contributed by atoms with Gasteiger partial charge < -0.3 is 9.47 Å². The van der Waals surface area contributed by atoms with Gasteiger partial charge in [0.1, 0.15) is 5.75 Å². The first-order valence-corrected chi connectivity index (χ1v) is 8.09. The van der Waals surface area contributed by atoms with E-state index < -0.39 is 15.6 Å². The van der Waals surface area contributed by atoms with Crippen LogP contribution in [0, 0.1) is 0 Å². The number of nitrogens with one attached hydrogen (secondary N) is 1. The van der Waals surface area contributed by atoms with Crippen molar-refractivity contribution in [1.82, 2.24) is 4.72 Å². The highest BCUT2D eigenvalue weighted by molar-refractivity contribution is 9.10. The average Bonchev–Trinajstić information content (AvgIpc) is 2.74. The lowest BCUT2D eigenvalue weighted by Gasteiger charge is -2.23. The van der Waals surface area contributed by atoms with E-state index in [2.05, 4.69) is 20.7 Å². The number of methoxy groups -OCH3 is 1. The first-order valence-electron chi connectivity index (χ1n) is 5.82. The van der Waals surface area contributed by atoms with Gasteiger partial charge in [-0.3, -0.25) is 0 Å². The summed E-state index contributed by atoms with van der Waals surface area (Å²) < 4.78 is 38.3. The van der Waals surface area contributed by atoms with Crippen molar-refractivity contribution in [2.45, 2.75) is 23.8 Å². The summed E-state index contributed by atoms with van der Waals surface area (Å²) in [6.45, 7) is 2.81. The molecule has 19 heavy (non-hydrogen) atoms. The molecule has 1 saturated heterocycles. The molecule has 2 rings (SSSR count). The standard InChI is InChI=1S/C12H16BrNO4S/c1-12(5-6-18-8-12)14-19(15,16)9-3-4-11(17-2)10(13)7-9/h3-4,7,14H,5-6,8H2,1-2H3. The molecule has 106 valence electrons. The van der Waals surface area contributed by atoms with Crippen LogP contribution in [0.3, 0.4) is 0 Å². The summed E-state index contributed by atoms with van der Waals surface area (Å²) in [6.07, 6.45) is 0.670. The van der Waals surface area contributed by atoms with Crippen LogP contribution in [0.25, 0.3) is 0 Å². The van der Waals surface area contributed by atoms with Crippen LogP contribution in [0.1, 0.15) is 13.3 Å². The Labute approximate surface area is 121 Å². The summed E-state index contributed by atoms with van der Waals surface area (Å²) in [7, 11) is -2.03. The SMILES string of the molecule is COc1ccc(S(=O)(=O)NC2(C)CCOC2)cc1Br. The summed E-state index contributed by atoms with van der Waals surface area (Å²) in [4.78, 5) is 0.202. The zero-order valence-electron chi connectivity index (χ0n) is 10.8. The topological polar surface area (TPSA) is 64.6 Å². The number of halogens is 1. The van der Waals surface area contributed by atoms with Crippen molar-refractivity contribution in [1.29, 1.82) is 0 Å². The van der Waals surface area contributed by atoms with Crippen molar-refractivity contribution in [3.63, 3.8) is 0 Å². The van der Waals surface area contributed by atoms with E-state index in [1.54, 1.807) is 6.07 Å². The second kappa shape index (κ2) is 5.40. The molecule has 0 bridgehead atoms. The minimum absolute atomic E-state index is 0.202. The fourth-order valence-electron chi connectivity index (χ4n) is 1.95. The van der Waals surface area contributed by atoms with Crippen LogP contribution in [-0.2, 0) is 14.8 Å². The fraction of sp³-hybridized carbons (Fsp3) is 0.500. The first-order chi connectivity index (χ1) is 8.86. The van der Waals surface area contributed by atoms with Crippen LogP contribution in [-0.4, -0.2) is 34.3 Å². The van der Waals surface area contributed by atoms with Gasteiger partial charge in [-0.25, -0.2) is 13.1 Å². The number of hydrogen-bond acceptors (Lipinski definition) is 4. The van der Waals surface area contributed by atoms with E-state index in [1.165, 1.54) is 19.2 Å². The Bertz CT molecular complexity index is 567. The van der Waals surface area contributed by atoms with Gasteiger partial charge in [-0.15, -0.1) is 0 Å². The molecule has 0 spiro atoms. The highest BCUT2D eigenvalue weighted by Crippen LogP contribution is 2.28. The number of benzene rings is 1. The zero-order chi connectivity index (χ0) is 14.1. The Hall–Kier alpha value is -0.630. The quantitative estimate of drug-likeness (QED) is 0.901. The van der Waals surface area contributed by atoms with E-state index in [9.17, 15) is 8.42 Å². The molecule has 1 fully saturated rings. The van der Waals surface area contributed by atoms with Crippen molar-refractivity contribution in [3.8, 4) is 5.75 Å². The third-order valence-electron chi connectivity index (χ3n) is 3.03. The van der Waals surface area contributed by atoms with Crippen molar-refractivity contribution < 1.29 is 17.9 Å². The summed E-state index contributed by atoms with van der Waals surface area (Å²) in [5.41, 5.74) is -0.536. The van der Waals surface area contributed by atoms with Crippen LogP contribution in [0.15, 0.2) is 27.6 Å².